The van der Waals surface area contributed by atoms with Crippen molar-refractivity contribution in [3.8, 4) is 0 Å². The maximum absolute atomic E-state index is 5.35. The van der Waals surface area contributed by atoms with E-state index in [1.165, 1.54) is 5.69 Å². The summed E-state index contributed by atoms with van der Waals surface area (Å²) in [6.45, 7) is 3.22. The molecule has 0 N–H and O–H groups in total. The lowest BCUT2D eigenvalue weighted by Gasteiger charge is -2.21. The first-order valence-corrected chi connectivity index (χ1v) is 6.20. The number of hydrogen-bond donors (Lipinski definition) is 0. The molecule has 12 heavy (non-hydrogen) atoms. The van der Waals surface area contributed by atoms with E-state index in [9.17, 15) is 0 Å². The molecule has 0 heterocycles. The van der Waals surface area contributed by atoms with Crippen LogP contribution in [0.4, 0.5) is 5.69 Å². The molecule has 0 bridgehead atoms. The topological polar surface area (TPSA) is 12.5 Å². The summed E-state index contributed by atoms with van der Waals surface area (Å²) < 4.78 is 7.69. The summed E-state index contributed by atoms with van der Waals surface area (Å²) in [6.07, 6.45) is 0. The minimum Gasteiger partial charge on any atom is -0.453 e. The van der Waals surface area contributed by atoms with Crippen LogP contribution in [-0.2, 0) is 4.12 Å². The Morgan fingerprint density at radius 2 is 2.08 bits per heavy atom. The third-order valence-electron chi connectivity index (χ3n) is 1.79. The van der Waals surface area contributed by atoms with E-state index in [0.29, 0.717) is 0 Å². The lowest BCUT2D eigenvalue weighted by molar-refractivity contribution is 0.654. The Morgan fingerprint density at radius 1 is 1.42 bits per heavy atom. The fourth-order valence-corrected chi connectivity index (χ4v) is 2.93. The summed E-state index contributed by atoms with van der Waals surface area (Å²) in [5, 5.41) is 0. The number of para-hydroxylation sites is 1. The van der Waals surface area contributed by atoms with Crippen molar-refractivity contribution in [3.05, 3.63) is 30.3 Å². The minimum absolute atomic E-state index is 0.468. The quantitative estimate of drug-likeness (QED) is 0.620. The van der Waals surface area contributed by atoms with Crippen LogP contribution in [0.15, 0.2) is 30.3 Å². The zero-order valence-electron chi connectivity index (χ0n) is 7.66. The van der Waals surface area contributed by atoms with Crippen LogP contribution >= 0.6 is 0 Å². The first-order chi connectivity index (χ1) is 5.88. The van der Waals surface area contributed by atoms with Crippen LogP contribution in [-0.4, -0.2) is 27.0 Å². The van der Waals surface area contributed by atoms with E-state index in [4.69, 9.17) is 4.12 Å². The molecule has 1 aromatic rings. The van der Waals surface area contributed by atoms with Gasteiger partial charge in [-0.2, -0.15) is 0 Å². The molecular formula is C8H15NOSi2. The predicted octanol–water partition coefficient (Wildman–Crippen LogP) is -0.191. The number of nitrogens with zero attached hydrogens (tertiary/aromatic N) is 1. The maximum Gasteiger partial charge on any atom is 0.256 e. The van der Waals surface area contributed by atoms with Crippen LogP contribution in [0.3, 0.4) is 0 Å². The van der Waals surface area contributed by atoms with Gasteiger partial charge >= 0.3 is 0 Å². The SMILES string of the molecule is CCN([SiH2]O[SiH3])c1ccccc1. The highest BCUT2D eigenvalue weighted by atomic mass is 28.3. The average Bonchev–Trinajstić information content (AvgIpc) is 2.15. The Balaban J connectivity index is 2.66. The summed E-state index contributed by atoms with van der Waals surface area (Å²) >= 11 is 0. The molecule has 0 saturated carbocycles. The molecule has 0 atom stereocenters. The van der Waals surface area contributed by atoms with E-state index in [1.54, 1.807) is 0 Å². The van der Waals surface area contributed by atoms with Crippen LogP contribution in [0, 0.1) is 0 Å². The van der Waals surface area contributed by atoms with Gasteiger partial charge in [-0.25, -0.2) is 0 Å². The van der Waals surface area contributed by atoms with Crippen LogP contribution < -0.4 is 4.57 Å². The predicted molar refractivity (Wildman–Crippen MR) is 59.0 cm³/mol. The highest BCUT2D eigenvalue weighted by molar-refractivity contribution is 6.39. The Hall–Kier alpha value is -0.586. The maximum atomic E-state index is 5.35. The summed E-state index contributed by atoms with van der Waals surface area (Å²) in [5.74, 6) is 0. The highest BCUT2D eigenvalue weighted by Crippen LogP contribution is 2.10. The molecular weight excluding hydrogens is 182 g/mol. The third-order valence-corrected chi connectivity index (χ3v) is 3.94. The standard InChI is InChI=1S/C8H15NOSi2/c1-2-9(12-10-11)8-6-4-3-5-7-8/h3-7H,2,12H2,1,11H3. The molecule has 1 aromatic carbocycles. The fourth-order valence-electron chi connectivity index (χ4n) is 1.14. The second-order valence-electron chi connectivity index (χ2n) is 2.61. The molecule has 0 fully saturated rings. The van der Waals surface area contributed by atoms with Gasteiger partial charge in [-0.05, 0) is 19.1 Å². The van der Waals surface area contributed by atoms with Gasteiger partial charge in [0.05, 0.1) is 0 Å². The molecule has 2 nitrogen and oxygen atoms in total. The Morgan fingerprint density at radius 3 is 2.58 bits per heavy atom. The third kappa shape index (κ3) is 2.47. The zero-order valence-corrected chi connectivity index (χ0v) is 11.1. The van der Waals surface area contributed by atoms with E-state index < -0.39 is 9.92 Å². The van der Waals surface area contributed by atoms with Crippen molar-refractivity contribution in [1.29, 1.82) is 0 Å². The van der Waals surface area contributed by atoms with Gasteiger partial charge in [-0.1, -0.05) is 18.2 Å². The van der Waals surface area contributed by atoms with Crippen LogP contribution in [0.5, 0.6) is 0 Å². The molecule has 0 aromatic heterocycles. The first kappa shape index (κ1) is 9.50. The molecule has 0 aliphatic heterocycles. The largest absolute Gasteiger partial charge is 0.453 e. The first-order valence-electron chi connectivity index (χ1n) is 4.17. The molecule has 0 aliphatic carbocycles. The molecule has 4 heteroatoms. The van der Waals surface area contributed by atoms with Crippen molar-refractivity contribution < 1.29 is 4.12 Å². The van der Waals surface area contributed by atoms with Crippen molar-refractivity contribution in [2.24, 2.45) is 0 Å². The van der Waals surface area contributed by atoms with Gasteiger partial charge in [-0.3, -0.25) is 0 Å². The molecule has 0 radical (unpaired) electrons. The summed E-state index contributed by atoms with van der Waals surface area (Å²) in [5.41, 5.74) is 1.29. The monoisotopic (exact) mass is 197 g/mol. The van der Waals surface area contributed by atoms with Crippen molar-refractivity contribution in [2.45, 2.75) is 6.92 Å². The van der Waals surface area contributed by atoms with Gasteiger partial charge in [0.25, 0.3) is 9.92 Å². The van der Waals surface area contributed by atoms with Gasteiger partial charge in [0.15, 0.2) is 0 Å². The molecule has 66 valence electrons. The van der Waals surface area contributed by atoms with Gasteiger partial charge < -0.3 is 8.68 Å². The van der Waals surface area contributed by atoms with E-state index in [-0.39, 0.29) is 0 Å². The van der Waals surface area contributed by atoms with E-state index >= 15 is 0 Å². The number of benzene rings is 1. The number of anilines is 1. The van der Waals surface area contributed by atoms with E-state index in [1.807, 2.05) is 6.07 Å². The summed E-state index contributed by atoms with van der Waals surface area (Å²) in [4.78, 5) is 0. The molecule has 0 unspecified atom stereocenters. The van der Waals surface area contributed by atoms with Crippen LogP contribution in [0.2, 0.25) is 0 Å². The van der Waals surface area contributed by atoms with Gasteiger partial charge in [0.2, 0.25) is 0 Å². The van der Waals surface area contributed by atoms with Crippen molar-refractivity contribution in [3.63, 3.8) is 0 Å². The fraction of sp³-hybridized carbons (Fsp3) is 0.250. The normalized spacial score (nSPS) is 11.1. The second kappa shape index (κ2) is 5.13. The molecule has 1 rings (SSSR count). The Bertz CT molecular complexity index is 218. The van der Waals surface area contributed by atoms with Crippen molar-refractivity contribution in [2.75, 3.05) is 11.1 Å². The van der Waals surface area contributed by atoms with Crippen molar-refractivity contribution in [1.82, 2.24) is 0 Å². The lowest BCUT2D eigenvalue weighted by Crippen LogP contribution is -2.28. The minimum atomic E-state index is -0.468. The van der Waals surface area contributed by atoms with Gasteiger partial charge in [-0.15, -0.1) is 0 Å². The molecule has 0 amide bonds. The summed E-state index contributed by atoms with van der Waals surface area (Å²) in [6, 6.07) is 10.5. The zero-order chi connectivity index (χ0) is 8.81. The molecule has 0 aliphatic rings. The number of rotatable bonds is 4. The number of hydrogen-bond acceptors (Lipinski definition) is 2. The smallest absolute Gasteiger partial charge is 0.256 e. The van der Waals surface area contributed by atoms with Gasteiger partial charge in [0.1, 0.15) is 10.5 Å². The van der Waals surface area contributed by atoms with Crippen molar-refractivity contribution >= 4 is 26.1 Å². The van der Waals surface area contributed by atoms with E-state index in [2.05, 4.69) is 35.8 Å². The van der Waals surface area contributed by atoms with Gasteiger partial charge in [0, 0.05) is 12.2 Å². The lowest BCUT2D eigenvalue weighted by atomic mass is 10.3. The molecule has 0 spiro atoms. The molecule has 0 saturated heterocycles. The summed E-state index contributed by atoms with van der Waals surface area (Å²) in [7, 11) is 0.395. The van der Waals surface area contributed by atoms with Crippen LogP contribution in [0.25, 0.3) is 0 Å². The highest BCUT2D eigenvalue weighted by Gasteiger charge is 2.00. The Kier molecular flexibility index (Phi) is 4.06. The Labute approximate surface area is 79.1 Å². The average molecular weight is 197 g/mol. The van der Waals surface area contributed by atoms with E-state index in [0.717, 1.165) is 17.0 Å². The van der Waals surface area contributed by atoms with Crippen LogP contribution in [0.1, 0.15) is 6.92 Å². The second-order valence-corrected chi connectivity index (χ2v) is 5.94.